The lowest BCUT2D eigenvalue weighted by Gasteiger charge is -2.11. The third-order valence-electron chi connectivity index (χ3n) is 3.08. The Labute approximate surface area is 132 Å². The van der Waals surface area contributed by atoms with Gasteiger partial charge >= 0.3 is 5.97 Å². The van der Waals surface area contributed by atoms with E-state index in [-0.39, 0.29) is 28.4 Å². The largest absolute Gasteiger partial charge is 0.465 e. The molecule has 0 bridgehead atoms. The molecular formula is C16H16N4O3. The quantitative estimate of drug-likeness (QED) is 0.226. The van der Waals surface area contributed by atoms with Crippen molar-refractivity contribution in [3.8, 4) is 0 Å². The van der Waals surface area contributed by atoms with E-state index in [0.717, 1.165) is 0 Å². The summed E-state index contributed by atoms with van der Waals surface area (Å²) in [7, 11) is 1.27. The van der Waals surface area contributed by atoms with Crippen LogP contribution < -0.4 is 11.2 Å². The number of aliphatic imine (C=N–C) groups is 1. The van der Waals surface area contributed by atoms with Gasteiger partial charge in [0.15, 0.2) is 5.84 Å². The molecule has 23 heavy (non-hydrogen) atoms. The first-order chi connectivity index (χ1) is 11.1. The van der Waals surface area contributed by atoms with Gasteiger partial charge in [0.2, 0.25) is 0 Å². The summed E-state index contributed by atoms with van der Waals surface area (Å²) < 4.78 is 4.65. The van der Waals surface area contributed by atoms with Gasteiger partial charge in [0.05, 0.1) is 18.4 Å². The molecule has 0 unspecified atom stereocenters. The molecule has 0 aliphatic carbocycles. The van der Waals surface area contributed by atoms with Gasteiger partial charge in [-0.1, -0.05) is 18.2 Å². The minimum Gasteiger partial charge on any atom is -0.465 e. The van der Waals surface area contributed by atoms with Crippen LogP contribution in [0.1, 0.15) is 15.9 Å². The number of para-hydroxylation sites is 1. The molecule has 5 N–H and O–H groups in total. The van der Waals surface area contributed by atoms with Crippen molar-refractivity contribution < 1.29 is 14.7 Å². The molecule has 0 atom stereocenters. The zero-order valence-electron chi connectivity index (χ0n) is 12.4. The van der Waals surface area contributed by atoms with E-state index in [4.69, 9.17) is 11.1 Å². The molecule has 0 aliphatic heterocycles. The maximum absolute atomic E-state index is 11.6. The van der Waals surface area contributed by atoms with Crippen LogP contribution in [-0.2, 0) is 4.74 Å². The number of amidine groups is 1. The molecule has 2 aromatic carbocycles. The second-order valence-electron chi connectivity index (χ2n) is 4.58. The van der Waals surface area contributed by atoms with Crippen molar-refractivity contribution in [1.29, 1.82) is 5.41 Å². The van der Waals surface area contributed by atoms with Crippen LogP contribution in [0, 0.1) is 5.41 Å². The SMILES string of the molecule is COC(=O)c1ccc(N)c(C(=N)C(=Nc2ccccc2)NO)c1. The molecule has 0 saturated heterocycles. The Morgan fingerprint density at radius 1 is 1.26 bits per heavy atom. The van der Waals surface area contributed by atoms with Gasteiger partial charge in [0.1, 0.15) is 5.71 Å². The second kappa shape index (κ2) is 7.19. The fourth-order valence-electron chi connectivity index (χ4n) is 1.91. The summed E-state index contributed by atoms with van der Waals surface area (Å²) in [6.07, 6.45) is 0. The first-order valence-corrected chi connectivity index (χ1v) is 6.67. The van der Waals surface area contributed by atoms with E-state index in [1.165, 1.54) is 25.3 Å². The first kappa shape index (κ1) is 16.2. The number of methoxy groups -OCH3 is 1. The lowest BCUT2D eigenvalue weighted by Crippen LogP contribution is -2.29. The van der Waals surface area contributed by atoms with E-state index in [9.17, 15) is 10.0 Å². The van der Waals surface area contributed by atoms with Gasteiger partial charge in [-0.2, -0.15) is 0 Å². The highest BCUT2D eigenvalue weighted by Gasteiger charge is 2.16. The molecule has 0 saturated carbocycles. The van der Waals surface area contributed by atoms with Crippen LogP contribution in [0.15, 0.2) is 53.5 Å². The summed E-state index contributed by atoms with van der Waals surface area (Å²) in [6.45, 7) is 0. The average Bonchev–Trinajstić information content (AvgIpc) is 2.59. The molecular weight excluding hydrogens is 296 g/mol. The van der Waals surface area contributed by atoms with Crippen LogP contribution in [0.5, 0.6) is 0 Å². The number of carbonyl (C=O) groups excluding carboxylic acids is 1. The zero-order chi connectivity index (χ0) is 16.8. The monoisotopic (exact) mass is 312 g/mol. The number of nitrogens with zero attached hydrogens (tertiary/aromatic N) is 1. The number of rotatable bonds is 4. The Kier molecular flexibility index (Phi) is 5.06. The predicted octanol–water partition coefficient (Wildman–Crippen LogP) is 2.13. The summed E-state index contributed by atoms with van der Waals surface area (Å²) in [4.78, 5) is 15.7. The average molecular weight is 312 g/mol. The summed E-state index contributed by atoms with van der Waals surface area (Å²) in [6, 6.07) is 13.2. The Balaban J connectivity index is 2.42. The molecule has 0 spiro atoms. The third-order valence-corrected chi connectivity index (χ3v) is 3.08. The molecule has 0 heterocycles. The van der Waals surface area contributed by atoms with E-state index < -0.39 is 5.97 Å². The van der Waals surface area contributed by atoms with Gasteiger partial charge in [0.25, 0.3) is 0 Å². The number of ether oxygens (including phenoxy) is 1. The van der Waals surface area contributed by atoms with E-state index in [1.807, 2.05) is 11.5 Å². The topological polar surface area (TPSA) is 121 Å². The molecule has 7 heteroatoms. The standard InChI is InChI=1S/C16H16N4O3/c1-23-16(21)10-7-8-13(17)12(9-10)14(18)15(20-22)19-11-5-3-2-4-6-11/h2-9,18,22H,17H2,1H3,(H,19,20). The van der Waals surface area contributed by atoms with Gasteiger partial charge < -0.3 is 10.5 Å². The number of hydroxylamine groups is 1. The number of carbonyl (C=O) groups is 1. The fraction of sp³-hybridized carbons (Fsp3) is 0.0625. The number of anilines is 1. The van der Waals surface area contributed by atoms with Gasteiger partial charge in [-0.25, -0.2) is 9.79 Å². The minimum absolute atomic E-state index is 0.0927. The Morgan fingerprint density at radius 2 is 1.96 bits per heavy atom. The summed E-state index contributed by atoms with van der Waals surface area (Å²) >= 11 is 0. The zero-order valence-corrected chi connectivity index (χ0v) is 12.4. The first-order valence-electron chi connectivity index (χ1n) is 6.67. The van der Waals surface area contributed by atoms with E-state index in [0.29, 0.717) is 5.69 Å². The fourth-order valence-corrected chi connectivity index (χ4v) is 1.91. The number of nitrogen functional groups attached to an aromatic ring is 1. The van der Waals surface area contributed by atoms with Crippen molar-refractivity contribution in [2.45, 2.75) is 0 Å². The van der Waals surface area contributed by atoms with E-state index in [1.54, 1.807) is 24.3 Å². The highest BCUT2D eigenvalue weighted by molar-refractivity contribution is 6.47. The summed E-state index contributed by atoms with van der Waals surface area (Å²) in [5, 5.41) is 17.5. The number of nitrogens with one attached hydrogen (secondary N) is 2. The number of benzene rings is 2. The lowest BCUT2D eigenvalue weighted by atomic mass is 10.0. The normalized spacial score (nSPS) is 11.0. The molecule has 0 aliphatic rings. The van der Waals surface area contributed by atoms with Crippen molar-refractivity contribution in [3.63, 3.8) is 0 Å². The molecule has 7 nitrogen and oxygen atoms in total. The van der Waals surface area contributed by atoms with Crippen LogP contribution in [0.25, 0.3) is 0 Å². The summed E-state index contributed by atoms with van der Waals surface area (Å²) in [5.74, 6) is -0.637. The van der Waals surface area contributed by atoms with Gasteiger partial charge in [-0.3, -0.25) is 16.1 Å². The number of hydrogen-bond acceptors (Lipinski definition) is 6. The molecule has 2 aromatic rings. The van der Waals surface area contributed by atoms with Gasteiger partial charge in [-0.05, 0) is 30.3 Å². The van der Waals surface area contributed by atoms with Crippen LogP contribution >= 0.6 is 0 Å². The molecule has 0 radical (unpaired) electrons. The Hall–Kier alpha value is -3.19. The van der Waals surface area contributed by atoms with Crippen LogP contribution in [0.2, 0.25) is 0 Å². The smallest absolute Gasteiger partial charge is 0.337 e. The predicted molar refractivity (Wildman–Crippen MR) is 87.5 cm³/mol. The van der Waals surface area contributed by atoms with Crippen LogP contribution in [0.3, 0.4) is 0 Å². The third kappa shape index (κ3) is 3.72. The van der Waals surface area contributed by atoms with Crippen molar-refractivity contribution in [3.05, 3.63) is 59.7 Å². The highest BCUT2D eigenvalue weighted by Crippen LogP contribution is 2.17. The van der Waals surface area contributed by atoms with E-state index >= 15 is 0 Å². The Morgan fingerprint density at radius 3 is 2.57 bits per heavy atom. The van der Waals surface area contributed by atoms with Gasteiger partial charge in [-0.15, -0.1) is 0 Å². The summed E-state index contributed by atoms with van der Waals surface area (Å²) in [5.41, 5.74) is 8.93. The lowest BCUT2D eigenvalue weighted by molar-refractivity contribution is 0.0600. The maximum Gasteiger partial charge on any atom is 0.337 e. The van der Waals surface area contributed by atoms with Crippen LogP contribution in [0.4, 0.5) is 11.4 Å². The van der Waals surface area contributed by atoms with Crippen molar-refractivity contribution in [2.75, 3.05) is 12.8 Å². The van der Waals surface area contributed by atoms with E-state index in [2.05, 4.69) is 9.73 Å². The van der Waals surface area contributed by atoms with Gasteiger partial charge in [0, 0.05) is 11.3 Å². The maximum atomic E-state index is 11.6. The van der Waals surface area contributed by atoms with Crippen molar-refractivity contribution in [1.82, 2.24) is 5.48 Å². The second-order valence-corrected chi connectivity index (χ2v) is 4.58. The number of nitrogens with two attached hydrogens (primary N) is 1. The number of hydrogen-bond donors (Lipinski definition) is 4. The Bertz CT molecular complexity index is 757. The molecule has 0 amide bonds. The molecule has 118 valence electrons. The molecule has 0 fully saturated rings. The number of esters is 1. The van der Waals surface area contributed by atoms with Crippen LogP contribution in [-0.4, -0.2) is 29.8 Å². The minimum atomic E-state index is -0.544. The van der Waals surface area contributed by atoms with Crippen molar-refractivity contribution >= 4 is 28.9 Å². The van der Waals surface area contributed by atoms with Crippen molar-refractivity contribution in [2.24, 2.45) is 4.99 Å². The molecule has 0 aromatic heterocycles. The molecule has 2 rings (SSSR count). The highest BCUT2D eigenvalue weighted by atomic mass is 16.5.